The fourth-order valence-corrected chi connectivity index (χ4v) is 4.76. The van der Waals surface area contributed by atoms with Gasteiger partial charge in [0.2, 0.25) is 5.91 Å². The van der Waals surface area contributed by atoms with Crippen LogP contribution in [0.25, 0.3) is 0 Å². The molecule has 0 radical (unpaired) electrons. The lowest BCUT2D eigenvalue weighted by atomic mass is 9.79. The number of carbonyl (C=O) groups is 1. The number of rotatable bonds is 6. The summed E-state index contributed by atoms with van der Waals surface area (Å²) < 4.78 is 0. The van der Waals surface area contributed by atoms with Gasteiger partial charge in [-0.25, -0.2) is 0 Å². The first-order chi connectivity index (χ1) is 11.4. The molecular formula is C21H33ClN2O. The van der Waals surface area contributed by atoms with E-state index in [0.717, 1.165) is 6.42 Å². The Morgan fingerprint density at radius 1 is 1.20 bits per heavy atom. The fraction of sp³-hybridized carbons (Fsp3) is 0.667. The molecular weight excluding hydrogens is 332 g/mol. The van der Waals surface area contributed by atoms with Crippen molar-refractivity contribution in [2.45, 2.75) is 82.8 Å². The molecule has 2 heterocycles. The third-order valence-electron chi connectivity index (χ3n) is 5.82. The Morgan fingerprint density at radius 3 is 2.40 bits per heavy atom. The molecule has 3 atom stereocenters. The predicted octanol–water partition coefficient (Wildman–Crippen LogP) is 4.20. The number of hydrogen-bond donors (Lipinski definition) is 2. The van der Waals surface area contributed by atoms with Gasteiger partial charge in [0.25, 0.3) is 0 Å². The van der Waals surface area contributed by atoms with Crippen LogP contribution in [-0.4, -0.2) is 24.0 Å². The van der Waals surface area contributed by atoms with Gasteiger partial charge >= 0.3 is 0 Å². The van der Waals surface area contributed by atoms with Crippen LogP contribution in [0.2, 0.25) is 0 Å². The van der Waals surface area contributed by atoms with Crippen LogP contribution in [-0.2, 0) is 10.2 Å². The van der Waals surface area contributed by atoms with E-state index in [1.165, 1.54) is 31.2 Å². The molecule has 2 saturated heterocycles. The number of halogens is 1. The molecule has 2 N–H and O–H groups in total. The topological polar surface area (TPSA) is 41.1 Å². The zero-order valence-corrected chi connectivity index (χ0v) is 16.6. The lowest BCUT2D eigenvalue weighted by molar-refractivity contribution is -0.123. The van der Waals surface area contributed by atoms with Crippen LogP contribution in [0, 0.1) is 5.92 Å². The van der Waals surface area contributed by atoms with Crippen LogP contribution in [0.15, 0.2) is 30.3 Å². The second-order valence-electron chi connectivity index (χ2n) is 8.60. The summed E-state index contributed by atoms with van der Waals surface area (Å²) in [5.74, 6) is 0.802. The monoisotopic (exact) mass is 364 g/mol. The average Bonchev–Trinajstić information content (AvgIpc) is 2.86. The second-order valence-corrected chi connectivity index (χ2v) is 8.60. The van der Waals surface area contributed by atoms with Gasteiger partial charge in [0.15, 0.2) is 0 Å². The highest BCUT2D eigenvalue weighted by atomic mass is 35.5. The van der Waals surface area contributed by atoms with Gasteiger partial charge in [0.05, 0.1) is 0 Å². The Bertz CT molecular complexity index is 548. The number of carbonyl (C=O) groups excluding carboxylic acids is 1. The molecule has 3 nitrogen and oxygen atoms in total. The Hall–Kier alpha value is -1.06. The first kappa shape index (κ1) is 20.3. The molecule has 0 aromatic heterocycles. The third kappa shape index (κ3) is 5.46. The van der Waals surface area contributed by atoms with Gasteiger partial charge in [-0.05, 0) is 55.9 Å². The minimum absolute atomic E-state index is 0. The molecule has 25 heavy (non-hydrogen) atoms. The molecule has 2 aliphatic heterocycles. The highest BCUT2D eigenvalue weighted by Crippen LogP contribution is 2.33. The first-order valence-electron chi connectivity index (χ1n) is 9.53. The molecule has 2 fully saturated rings. The smallest absolute Gasteiger partial charge is 0.220 e. The number of benzene rings is 1. The highest BCUT2D eigenvalue weighted by molar-refractivity contribution is 5.85. The van der Waals surface area contributed by atoms with E-state index in [-0.39, 0.29) is 29.8 Å². The van der Waals surface area contributed by atoms with Crippen molar-refractivity contribution in [2.75, 3.05) is 0 Å². The van der Waals surface area contributed by atoms with Gasteiger partial charge in [0, 0.05) is 24.5 Å². The first-order valence-corrected chi connectivity index (χ1v) is 9.53. The Labute approximate surface area is 158 Å². The number of amides is 1. The average molecular weight is 365 g/mol. The minimum atomic E-state index is 0. The number of piperidine rings is 1. The van der Waals surface area contributed by atoms with Crippen LogP contribution < -0.4 is 10.6 Å². The van der Waals surface area contributed by atoms with Gasteiger partial charge in [-0.3, -0.25) is 4.79 Å². The van der Waals surface area contributed by atoms with Crippen LogP contribution in [0.5, 0.6) is 0 Å². The van der Waals surface area contributed by atoms with E-state index < -0.39 is 0 Å². The molecule has 3 rings (SSSR count). The SMILES string of the molecule is CC(CC(C)(C)c1ccccc1)NC(=O)CC1CC2CCC(C1)N2.Cl. The van der Waals surface area contributed by atoms with Crippen molar-refractivity contribution in [3.63, 3.8) is 0 Å². The van der Waals surface area contributed by atoms with Crippen molar-refractivity contribution in [2.24, 2.45) is 5.92 Å². The van der Waals surface area contributed by atoms with Crippen molar-refractivity contribution in [1.82, 2.24) is 10.6 Å². The Kier molecular flexibility index (Phi) is 6.93. The van der Waals surface area contributed by atoms with Crippen molar-refractivity contribution in [1.29, 1.82) is 0 Å². The van der Waals surface area contributed by atoms with E-state index in [9.17, 15) is 4.79 Å². The normalized spacial score (nSPS) is 26.6. The summed E-state index contributed by atoms with van der Waals surface area (Å²) in [7, 11) is 0. The predicted molar refractivity (Wildman–Crippen MR) is 106 cm³/mol. The Balaban J connectivity index is 0.00000225. The number of nitrogens with one attached hydrogen (secondary N) is 2. The van der Waals surface area contributed by atoms with E-state index in [2.05, 4.69) is 61.7 Å². The standard InChI is InChI=1S/C21H32N2O.ClH/c1-15(14-21(2,3)17-7-5-4-6-8-17)22-20(24)13-16-11-18-9-10-19(12-16)23-18;/h4-8,15-16,18-19,23H,9-14H2,1-3H3,(H,22,24);1H. The molecule has 1 aromatic rings. The molecule has 1 aromatic carbocycles. The molecule has 2 aliphatic rings. The summed E-state index contributed by atoms with van der Waals surface area (Å²) in [5.41, 5.74) is 1.41. The number of hydrogen-bond acceptors (Lipinski definition) is 2. The molecule has 1 amide bonds. The van der Waals surface area contributed by atoms with Gasteiger partial charge in [0.1, 0.15) is 0 Å². The van der Waals surface area contributed by atoms with Crippen molar-refractivity contribution in [3.05, 3.63) is 35.9 Å². The fourth-order valence-electron chi connectivity index (χ4n) is 4.76. The van der Waals surface area contributed by atoms with Crippen LogP contribution in [0.4, 0.5) is 0 Å². The van der Waals surface area contributed by atoms with Crippen molar-refractivity contribution in [3.8, 4) is 0 Å². The largest absolute Gasteiger partial charge is 0.354 e. The maximum atomic E-state index is 12.4. The van der Waals surface area contributed by atoms with Gasteiger partial charge in [-0.15, -0.1) is 12.4 Å². The van der Waals surface area contributed by atoms with Gasteiger partial charge in [-0.1, -0.05) is 44.2 Å². The van der Waals surface area contributed by atoms with Crippen LogP contribution >= 0.6 is 12.4 Å². The highest BCUT2D eigenvalue weighted by Gasteiger charge is 2.34. The van der Waals surface area contributed by atoms with E-state index in [0.29, 0.717) is 24.4 Å². The van der Waals surface area contributed by atoms with E-state index in [4.69, 9.17) is 0 Å². The molecule has 2 bridgehead atoms. The number of fused-ring (bicyclic) bond motifs is 2. The molecule has 4 heteroatoms. The third-order valence-corrected chi connectivity index (χ3v) is 5.82. The van der Waals surface area contributed by atoms with E-state index in [1.807, 2.05) is 0 Å². The zero-order chi connectivity index (χ0) is 17.2. The van der Waals surface area contributed by atoms with E-state index >= 15 is 0 Å². The lowest BCUT2D eigenvalue weighted by Gasteiger charge is -2.31. The summed E-state index contributed by atoms with van der Waals surface area (Å²) in [6.45, 7) is 6.65. The lowest BCUT2D eigenvalue weighted by Crippen LogP contribution is -2.41. The summed E-state index contributed by atoms with van der Waals surface area (Å²) in [5, 5.41) is 6.90. The minimum Gasteiger partial charge on any atom is -0.354 e. The molecule has 0 aliphatic carbocycles. The van der Waals surface area contributed by atoms with Crippen molar-refractivity contribution < 1.29 is 4.79 Å². The van der Waals surface area contributed by atoms with E-state index in [1.54, 1.807) is 0 Å². The summed E-state index contributed by atoms with van der Waals surface area (Å²) in [6.07, 6.45) is 6.60. The zero-order valence-electron chi connectivity index (χ0n) is 15.8. The maximum Gasteiger partial charge on any atom is 0.220 e. The molecule has 3 unspecified atom stereocenters. The quantitative estimate of drug-likeness (QED) is 0.794. The molecule has 0 saturated carbocycles. The molecule has 140 valence electrons. The Morgan fingerprint density at radius 2 is 1.80 bits per heavy atom. The van der Waals surface area contributed by atoms with Gasteiger partial charge < -0.3 is 10.6 Å². The van der Waals surface area contributed by atoms with Crippen LogP contribution in [0.3, 0.4) is 0 Å². The molecule has 0 spiro atoms. The summed E-state index contributed by atoms with van der Waals surface area (Å²) in [6, 6.07) is 12.1. The summed E-state index contributed by atoms with van der Waals surface area (Å²) in [4.78, 5) is 12.4. The van der Waals surface area contributed by atoms with Crippen LogP contribution in [0.1, 0.15) is 64.9 Å². The van der Waals surface area contributed by atoms with Crippen molar-refractivity contribution >= 4 is 18.3 Å². The maximum absolute atomic E-state index is 12.4. The van der Waals surface area contributed by atoms with Gasteiger partial charge in [-0.2, -0.15) is 0 Å². The second kappa shape index (κ2) is 8.55. The summed E-state index contributed by atoms with van der Waals surface area (Å²) >= 11 is 0.